The molecule has 1 aliphatic carbocycles. The Morgan fingerprint density at radius 2 is 1.93 bits per heavy atom. The number of benzene rings is 1. The van der Waals surface area contributed by atoms with Gasteiger partial charge >= 0.3 is 6.09 Å². The zero-order valence-electron chi connectivity index (χ0n) is 24.5. The summed E-state index contributed by atoms with van der Waals surface area (Å²) in [6.45, 7) is 9.29. The molecule has 1 amide bonds. The lowest BCUT2D eigenvalue weighted by molar-refractivity contribution is 0.0158. The van der Waals surface area contributed by atoms with Crippen LogP contribution in [0.15, 0.2) is 30.6 Å². The molecule has 1 saturated carbocycles. The maximum atomic E-state index is 13.0. The summed E-state index contributed by atoms with van der Waals surface area (Å²) in [7, 11) is 3.50. The minimum absolute atomic E-state index is 0.0771. The average molecular weight is 560 g/mol. The second-order valence-electron chi connectivity index (χ2n) is 11.9. The Balaban J connectivity index is 1.26. The van der Waals surface area contributed by atoms with Crippen molar-refractivity contribution in [1.82, 2.24) is 29.6 Å². The molecule has 2 aliphatic rings. The molecular weight excluding hydrogens is 522 g/mol. The van der Waals surface area contributed by atoms with Gasteiger partial charge in [0.2, 0.25) is 5.95 Å². The number of rotatable bonds is 7. The molecule has 1 aromatic carbocycles. The Morgan fingerprint density at radius 1 is 1.12 bits per heavy atom. The Labute approximate surface area is 239 Å². The number of aryl methyl sites for hydroxylation is 2. The summed E-state index contributed by atoms with van der Waals surface area (Å²) < 4.78 is 18.7. The number of aromatic nitrogens is 5. The van der Waals surface area contributed by atoms with Gasteiger partial charge in [-0.3, -0.25) is 4.68 Å². The minimum atomic E-state index is -0.519. The van der Waals surface area contributed by atoms with Crippen LogP contribution in [0.5, 0.6) is 5.75 Å². The number of hydrogen-bond donors (Lipinski definition) is 0. The van der Waals surface area contributed by atoms with Crippen LogP contribution in [0.25, 0.3) is 33.2 Å². The summed E-state index contributed by atoms with van der Waals surface area (Å²) in [4.78, 5) is 31.5. The number of methoxy groups -OCH3 is 1. The zero-order valence-corrected chi connectivity index (χ0v) is 24.5. The maximum Gasteiger partial charge on any atom is 0.410 e. The highest BCUT2D eigenvalue weighted by molar-refractivity contribution is 5.91. The normalized spacial score (nSPS) is 17.4. The number of nitrogens with zero attached hydrogens (tertiary/aromatic N) is 7. The molecule has 0 radical (unpaired) electrons. The molecular formula is C30H37N7O4. The van der Waals surface area contributed by atoms with E-state index in [4.69, 9.17) is 24.2 Å². The third kappa shape index (κ3) is 5.50. The molecule has 0 unspecified atom stereocenters. The number of fused-ring (bicyclic) bond motifs is 2. The standard InChI is InChI=1S/C30H37N7O4/c1-18-26-19(15-35(5)34-26)13-22(27(18)40-17-39-6)23-9-10-24-25(32-23)14-31-28(33-24)36-12-11-21(16-36)37(20-7-8-20)29(38)41-30(2,3)4/h9-10,13-15,20-21H,7-8,11-12,16-17H2,1-6H3/t21-/m0/s1. The van der Waals surface area contributed by atoms with Gasteiger partial charge in [0.1, 0.15) is 16.9 Å². The first kappa shape index (κ1) is 27.2. The van der Waals surface area contributed by atoms with E-state index in [2.05, 4.69) is 15.0 Å². The molecule has 3 aromatic heterocycles. The first-order valence-electron chi connectivity index (χ1n) is 14.1. The molecule has 6 rings (SSSR count). The monoisotopic (exact) mass is 559 g/mol. The van der Waals surface area contributed by atoms with Gasteiger partial charge in [0.15, 0.2) is 6.79 Å². The molecule has 216 valence electrons. The van der Waals surface area contributed by atoms with Crippen LogP contribution in [0.3, 0.4) is 0 Å². The van der Waals surface area contributed by atoms with Crippen molar-refractivity contribution in [2.45, 2.75) is 64.6 Å². The van der Waals surface area contributed by atoms with Gasteiger partial charge in [-0.2, -0.15) is 5.10 Å². The molecule has 1 atom stereocenters. The van der Waals surface area contributed by atoms with Crippen molar-refractivity contribution in [3.05, 3.63) is 36.2 Å². The van der Waals surface area contributed by atoms with Gasteiger partial charge in [-0.05, 0) is 65.2 Å². The molecule has 4 aromatic rings. The van der Waals surface area contributed by atoms with E-state index in [-0.39, 0.29) is 25.0 Å². The molecule has 0 bridgehead atoms. The Kier molecular flexibility index (Phi) is 6.93. The van der Waals surface area contributed by atoms with E-state index in [9.17, 15) is 4.79 Å². The van der Waals surface area contributed by atoms with E-state index < -0.39 is 5.60 Å². The van der Waals surface area contributed by atoms with Crippen LogP contribution in [-0.4, -0.2) is 80.4 Å². The third-order valence-corrected chi connectivity index (χ3v) is 7.50. The second-order valence-corrected chi connectivity index (χ2v) is 11.9. The summed E-state index contributed by atoms with van der Waals surface area (Å²) in [6.07, 6.45) is 6.44. The predicted octanol–water partition coefficient (Wildman–Crippen LogP) is 4.85. The van der Waals surface area contributed by atoms with Crippen LogP contribution < -0.4 is 9.64 Å². The van der Waals surface area contributed by atoms with Crippen molar-refractivity contribution in [3.8, 4) is 17.0 Å². The van der Waals surface area contributed by atoms with E-state index in [1.807, 2.05) is 64.0 Å². The van der Waals surface area contributed by atoms with Crippen molar-refractivity contribution < 1.29 is 19.0 Å². The molecule has 1 saturated heterocycles. The van der Waals surface area contributed by atoms with E-state index in [0.717, 1.165) is 59.0 Å². The largest absolute Gasteiger partial charge is 0.466 e. The van der Waals surface area contributed by atoms with Crippen molar-refractivity contribution in [2.24, 2.45) is 7.05 Å². The molecule has 4 heterocycles. The number of amides is 1. The first-order chi connectivity index (χ1) is 19.6. The molecule has 11 nitrogen and oxygen atoms in total. The fraction of sp³-hybridized carbons (Fsp3) is 0.500. The fourth-order valence-electron chi connectivity index (χ4n) is 5.56. The number of ether oxygens (including phenoxy) is 3. The van der Waals surface area contributed by atoms with Crippen LogP contribution in [0, 0.1) is 6.92 Å². The highest BCUT2D eigenvalue weighted by atomic mass is 16.7. The van der Waals surface area contributed by atoms with E-state index in [0.29, 0.717) is 23.8 Å². The number of hydrogen-bond acceptors (Lipinski definition) is 9. The molecule has 0 N–H and O–H groups in total. The van der Waals surface area contributed by atoms with Gasteiger partial charge in [0.05, 0.1) is 29.0 Å². The number of anilines is 1. The highest BCUT2D eigenvalue weighted by Gasteiger charge is 2.42. The number of carbonyl (C=O) groups is 1. The number of pyridine rings is 1. The Hall–Kier alpha value is -3.99. The Morgan fingerprint density at radius 3 is 2.66 bits per heavy atom. The van der Waals surface area contributed by atoms with Gasteiger partial charge in [0, 0.05) is 56.0 Å². The van der Waals surface area contributed by atoms with E-state index in [1.54, 1.807) is 18.0 Å². The van der Waals surface area contributed by atoms with Gasteiger partial charge in [-0.15, -0.1) is 0 Å². The van der Waals surface area contributed by atoms with Crippen molar-refractivity contribution in [1.29, 1.82) is 0 Å². The minimum Gasteiger partial charge on any atom is -0.466 e. The van der Waals surface area contributed by atoms with Crippen LogP contribution in [-0.2, 0) is 16.5 Å². The Bertz CT molecular complexity index is 1610. The summed E-state index contributed by atoms with van der Waals surface area (Å²) in [5, 5.41) is 5.60. The highest BCUT2D eigenvalue weighted by Crippen LogP contribution is 2.38. The molecule has 0 spiro atoms. The second kappa shape index (κ2) is 10.4. The summed E-state index contributed by atoms with van der Waals surface area (Å²) >= 11 is 0. The van der Waals surface area contributed by atoms with Crippen LogP contribution in [0.1, 0.15) is 45.6 Å². The summed E-state index contributed by atoms with van der Waals surface area (Å²) in [5.41, 5.74) is 4.35. The van der Waals surface area contributed by atoms with Crippen molar-refractivity contribution >= 4 is 34.0 Å². The third-order valence-electron chi connectivity index (χ3n) is 7.50. The smallest absolute Gasteiger partial charge is 0.410 e. The number of carbonyl (C=O) groups excluding carboxylic acids is 1. The first-order valence-corrected chi connectivity index (χ1v) is 14.1. The lowest BCUT2D eigenvalue weighted by atomic mass is 10.0. The lowest BCUT2D eigenvalue weighted by Crippen LogP contribution is -2.46. The fourth-order valence-corrected chi connectivity index (χ4v) is 5.56. The van der Waals surface area contributed by atoms with Gasteiger partial charge < -0.3 is 24.0 Å². The summed E-state index contributed by atoms with van der Waals surface area (Å²) in [6, 6.07) is 6.32. The van der Waals surface area contributed by atoms with Gasteiger partial charge in [0.25, 0.3) is 0 Å². The SMILES string of the molecule is COCOc1c(-c2ccc3nc(N4CC[C@H](N(C(=O)OC(C)(C)C)C5CC5)C4)ncc3n2)cc2cn(C)nc2c1C. The van der Waals surface area contributed by atoms with Crippen LogP contribution in [0.2, 0.25) is 0 Å². The van der Waals surface area contributed by atoms with Crippen LogP contribution in [0.4, 0.5) is 10.7 Å². The lowest BCUT2D eigenvalue weighted by Gasteiger charge is -2.31. The molecule has 41 heavy (non-hydrogen) atoms. The van der Waals surface area contributed by atoms with E-state index >= 15 is 0 Å². The predicted molar refractivity (Wildman–Crippen MR) is 156 cm³/mol. The topological polar surface area (TPSA) is 108 Å². The maximum absolute atomic E-state index is 13.0. The van der Waals surface area contributed by atoms with Crippen molar-refractivity contribution in [2.75, 3.05) is 31.9 Å². The van der Waals surface area contributed by atoms with E-state index in [1.165, 1.54) is 0 Å². The van der Waals surface area contributed by atoms with Gasteiger partial charge in [-0.1, -0.05) is 0 Å². The van der Waals surface area contributed by atoms with Crippen LogP contribution >= 0.6 is 0 Å². The molecule has 1 aliphatic heterocycles. The molecule has 11 heteroatoms. The van der Waals surface area contributed by atoms with Gasteiger partial charge in [-0.25, -0.2) is 19.7 Å². The zero-order chi connectivity index (χ0) is 28.9. The van der Waals surface area contributed by atoms with Crippen molar-refractivity contribution in [3.63, 3.8) is 0 Å². The summed E-state index contributed by atoms with van der Waals surface area (Å²) in [5.74, 6) is 1.34. The molecule has 2 fully saturated rings. The quantitative estimate of drug-likeness (QED) is 0.294. The average Bonchev–Trinajstić information content (AvgIpc) is 3.49.